The third kappa shape index (κ3) is 1.19. The monoisotopic (exact) mass is 196 g/mol. The summed E-state index contributed by atoms with van der Waals surface area (Å²) in [6.07, 6.45) is 7.09. The molecule has 2 unspecified atom stereocenters. The first-order valence-corrected chi connectivity index (χ1v) is 5.52. The Morgan fingerprint density at radius 3 is 2.77 bits per heavy atom. The van der Waals surface area contributed by atoms with Crippen molar-refractivity contribution in [3.8, 4) is 0 Å². The highest BCUT2D eigenvalue weighted by molar-refractivity contribution is 6.30. The largest absolute Gasteiger partial charge is 0.0886 e. The van der Waals surface area contributed by atoms with Crippen LogP contribution < -0.4 is 0 Å². The zero-order chi connectivity index (χ0) is 9.64. The molecule has 0 spiro atoms. The minimum absolute atomic E-state index is 0.177. The van der Waals surface area contributed by atoms with E-state index in [0.717, 1.165) is 11.5 Å². The molecule has 0 aliphatic heterocycles. The minimum Gasteiger partial charge on any atom is -0.0886 e. The van der Waals surface area contributed by atoms with Crippen molar-refractivity contribution < 1.29 is 0 Å². The zero-order valence-electron chi connectivity index (χ0n) is 8.60. The van der Waals surface area contributed by atoms with Gasteiger partial charge in [-0.25, -0.2) is 0 Å². The van der Waals surface area contributed by atoms with E-state index < -0.39 is 0 Å². The number of rotatable bonds is 1. The van der Waals surface area contributed by atoms with Gasteiger partial charge in [0.15, 0.2) is 0 Å². The molecule has 0 nitrogen and oxygen atoms in total. The number of hydrogen-bond acceptors (Lipinski definition) is 0. The van der Waals surface area contributed by atoms with E-state index in [4.69, 9.17) is 11.6 Å². The Balaban J connectivity index is 2.48. The van der Waals surface area contributed by atoms with E-state index in [0.29, 0.717) is 11.8 Å². The Morgan fingerprint density at radius 2 is 2.15 bits per heavy atom. The fraction of sp³-hybridized carbons (Fsp3) is 0.667. The van der Waals surface area contributed by atoms with Gasteiger partial charge in [0.25, 0.3) is 0 Å². The summed E-state index contributed by atoms with van der Waals surface area (Å²) in [5.74, 6) is 1.32. The smallest absolute Gasteiger partial charge is 0.0241 e. The van der Waals surface area contributed by atoms with Crippen LogP contribution in [-0.2, 0) is 0 Å². The Bertz CT molecular complexity index is 283. The van der Waals surface area contributed by atoms with Crippen LogP contribution >= 0.6 is 11.6 Å². The van der Waals surface area contributed by atoms with Crippen LogP contribution in [0.4, 0.5) is 0 Å². The Hall–Kier alpha value is -0.230. The van der Waals surface area contributed by atoms with Crippen LogP contribution in [-0.4, -0.2) is 0 Å². The van der Waals surface area contributed by atoms with E-state index in [1.165, 1.54) is 12.0 Å². The molecule has 0 N–H and O–H groups in total. The van der Waals surface area contributed by atoms with Gasteiger partial charge in [0.05, 0.1) is 0 Å². The molecule has 72 valence electrons. The lowest BCUT2D eigenvalue weighted by Gasteiger charge is -2.37. The van der Waals surface area contributed by atoms with Crippen LogP contribution in [0.2, 0.25) is 0 Å². The molecule has 1 heteroatoms. The third-order valence-corrected chi connectivity index (χ3v) is 4.42. The van der Waals surface area contributed by atoms with E-state index in [-0.39, 0.29) is 5.41 Å². The normalized spacial score (nSPS) is 35.7. The van der Waals surface area contributed by atoms with Gasteiger partial charge >= 0.3 is 0 Å². The molecule has 2 aliphatic rings. The number of halogens is 1. The van der Waals surface area contributed by atoms with Gasteiger partial charge in [0.1, 0.15) is 0 Å². The molecular formula is C12H17Cl. The summed E-state index contributed by atoms with van der Waals surface area (Å²) in [6.45, 7) is 6.74. The first-order chi connectivity index (χ1) is 6.07. The van der Waals surface area contributed by atoms with Crippen molar-refractivity contribution in [1.82, 2.24) is 0 Å². The van der Waals surface area contributed by atoms with Gasteiger partial charge in [-0.15, -0.1) is 0 Å². The molecule has 0 fully saturated rings. The fourth-order valence-electron chi connectivity index (χ4n) is 2.65. The predicted octanol–water partition coefficient (Wildman–Crippen LogP) is 4.12. The van der Waals surface area contributed by atoms with Crippen molar-refractivity contribution in [3.63, 3.8) is 0 Å². The summed E-state index contributed by atoms with van der Waals surface area (Å²) >= 11 is 6.44. The summed E-state index contributed by atoms with van der Waals surface area (Å²) in [7, 11) is 0. The van der Waals surface area contributed by atoms with E-state index in [2.05, 4.69) is 32.9 Å². The lowest BCUT2D eigenvalue weighted by Crippen LogP contribution is -2.28. The maximum absolute atomic E-state index is 6.44. The fourth-order valence-corrected chi connectivity index (χ4v) is 3.06. The molecule has 2 atom stereocenters. The second kappa shape index (κ2) is 2.88. The van der Waals surface area contributed by atoms with E-state index in [1.807, 2.05) is 0 Å². The lowest BCUT2D eigenvalue weighted by atomic mass is 9.70. The van der Waals surface area contributed by atoms with Gasteiger partial charge in [0.2, 0.25) is 0 Å². The van der Waals surface area contributed by atoms with Crippen molar-refractivity contribution in [2.45, 2.75) is 33.6 Å². The molecule has 2 bridgehead atoms. The van der Waals surface area contributed by atoms with Crippen LogP contribution in [0, 0.1) is 17.3 Å². The van der Waals surface area contributed by atoms with E-state index in [9.17, 15) is 0 Å². The quantitative estimate of drug-likeness (QED) is 0.554. The number of allylic oxidation sites excluding steroid dienone is 4. The van der Waals surface area contributed by atoms with Crippen molar-refractivity contribution in [2.75, 3.05) is 0 Å². The zero-order valence-corrected chi connectivity index (χ0v) is 9.36. The Kier molecular flexibility index (Phi) is 2.07. The van der Waals surface area contributed by atoms with Crippen LogP contribution in [0.15, 0.2) is 22.8 Å². The molecular weight excluding hydrogens is 180 g/mol. The van der Waals surface area contributed by atoms with Crippen LogP contribution in [0.1, 0.15) is 33.6 Å². The van der Waals surface area contributed by atoms with Gasteiger partial charge in [-0.05, 0) is 30.3 Å². The number of hydrogen-bond donors (Lipinski definition) is 0. The molecule has 0 heterocycles. The molecule has 0 saturated heterocycles. The van der Waals surface area contributed by atoms with Gasteiger partial charge in [0, 0.05) is 10.4 Å². The van der Waals surface area contributed by atoms with Crippen molar-refractivity contribution in [2.24, 2.45) is 17.3 Å². The average Bonchev–Trinajstić information content (AvgIpc) is 2.51. The molecule has 0 saturated carbocycles. The molecule has 2 aliphatic carbocycles. The molecule has 0 radical (unpaired) electrons. The van der Waals surface area contributed by atoms with Gasteiger partial charge in [-0.3, -0.25) is 0 Å². The standard InChI is InChI=1S/C12H17Cl/c1-4-10-8-5-6-9(7-8)12(2,3)11(10)13/h5-6,8-9H,4,7H2,1-3H3. The highest BCUT2D eigenvalue weighted by Crippen LogP contribution is 2.53. The molecule has 2 rings (SSSR count). The first-order valence-electron chi connectivity index (χ1n) is 5.14. The second-order valence-electron chi connectivity index (χ2n) is 4.75. The van der Waals surface area contributed by atoms with E-state index in [1.54, 1.807) is 0 Å². The lowest BCUT2D eigenvalue weighted by molar-refractivity contribution is 0.290. The summed E-state index contributed by atoms with van der Waals surface area (Å²) in [5.41, 5.74) is 1.65. The Labute approximate surface area is 85.7 Å². The molecule has 0 aromatic rings. The summed E-state index contributed by atoms with van der Waals surface area (Å²) < 4.78 is 0. The second-order valence-corrected chi connectivity index (χ2v) is 5.13. The van der Waals surface area contributed by atoms with Gasteiger partial charge in [-0.1, -0.05) is 44.5 Å². The van der Waals surface area contributed by atoms with Crippen molar-refractivity contribution in [1.29, 1.82) is 0 Å². The highest BCUT2D eigenvalue weighted by Gasteiger charge is 2.42. The van der Waals surface area contributed by atoms with Crippen LogP contribution in [0.5, 0.6) is 0 Å². The molecule has 0 aromatic carbocycles. The third-order valence-electron chi connectivity index (χ3n) is 3.69. The van der Waals surface area contributed by atoms with Crippen LogP contribution in [0.3, 0.4) is 0 Å². The SMILES string of the molecule is CCC1=C(Cl)C(C)(C)C2C=CC1C2. The predicted molar refractivity (Wildman–Crippen MR) is 57.7 cm³/mol. The molecule has 0 amide bonds. The summed E-state index contributed by atoms with van der Waals surface area (Å²) in [4.78, 5) is 0. The average molecular weight is 197 g/mol. The molecule has 0 aromatic heterocycles. The van der Waals surface area contributed by atoms with Gasteiger partial charge < -0.3 is 0 Å². The highest BCUT2D eigenvalue weighted by atomic mass is 35.5. The van der Waals surface area contributed by atoms with Crippen molar-refractivity contribution in [3.05, 3.63) is 22.8 Å². The first kappa shape index (κ1) is 9.33. The number of fused-ring (bicyclic) bond motifs is 2. The Morgan fingerprint density at radius 1 is 1.46 bits per heavy atom. The topological polar surface area (TPSA) is 0 Å². The maximum atomic E-state index is 6.44. The van der Waals surface area contributed by atoms with Gasteiger partial charge in [-0.2, -0.15) is 0 Å². The maximum Gasteiger partial charge on any atom is 0.0241 e. The summed E-state index contributed by atoms with van der Waals surface area (Å²) in [5, 5.41) is 1.13. The minimum atomic E-state index is 0.177. The van der Waals surface area contributed by atoms with Crippen LogP contribution in [0.25, 0.3) is 0 Å². The summed E-state index contributed by atoms with van der Waals surface area (Å²) in [6, 6.07) is 0. The van der Waals surface area contributed by atoms with E-state index >= 15 is 0 Å². The van der Waals surface area contributed by atoms with Crippen molar-refractivity contribution >= 4 is 11.6 Å². The molecule has 13 heavy (non-hydrogen) atoms.